The van der Waals surface area contributed by atoms with Crippen LogP contribution in [0.3, 0.4) is 0 Å². The van der Waals surface area contributed by atoms with Crippen LogP contribution in [-0.4, -0.2) is 12.2 Å². The first-order valence-electron chi connectivity index (χ1n) is 8.35. The Morgan fingerprint density at radius 3 is 2.26 bits per heavy atom. The summed E-state index contributed by atoms with van der Waals surface area (Å²) >= 11 is 0. The zero-order chi connectivity index (χ0) is 13.6. The Morgan fingerprint density at radius 1 is 1.05 bits per heavy atom. The molecular formula is C17H29NO. The molecule has 0 unspecified atom stereocenters. The molecule has 2 rings (SSSR count). The van der Waals surface area contributed by atoms with Gasteiger partial charge in [-0.15, -0.1) is 0 Å². The minimum atomic E-state index is -0.444. The van der Waals surface area contributed by atoms with Crippen LogP contribution in [0, 0.1) is 23.2 Å². The number of ether oxygens (including phenoxy) is 1. The molecule has 0 aliphatic heterocycles. The predicted octanol–water partition coefficient (Wildman–Crippen LogP) is 4.84. The highest BCUT2D eigenvalue weighted by Crippen LogP contribution is 2.42. The van der Waals surface area contributed by atoms with Crippen LogP contribution in [0.1, 0.15) is 77.6 Å². The molecule has 0 heterocycles. The van der Waals surface area contributed by atoms with Crippen LogP contribution < -0.4 is 0 Å². The van der Waals surface area contributed by atoms with Crippen molar-refractivity contribution in [1.82, 2.24) is 0 Å². The lowest BCUT2D eigenvalue weighted by atomic mass is 9.70. The average Bonchev–Trinajstić information content (AvgIpc) is 2.49. The normalized spacial score (nSPS) is 32.9. The molecule has 0 radical (unpaired) electrons. The Hall–Kier alpha value is -0.550. The van der Waals surface area contributed by atoms with Gasteiger partial charge in [-0.25, -0.2) is 0 Å². The fraction of sp³-hybridized carbons (Fsp3) is 0.941. The molecule has 2 saturated carbocycles. The van der Waals surface area contributed by atoms with E-state index >= 15 is 0 Å². The van der Waals surface area contributed by atoms with E-state index in [2.05, 4.69) is 13.0 Å². The summed E-state index contributed by atoms with van der Waals surface area (Å²) < 4.78 is 5.93. The maximum absolute atomic E-state index is 9.46. The summed E-state index contributed by atoms with van der Waals surface area (Å²) in [5.74, 6) is 1.82. The van der Waals surface area contributed by atoms with Gasteiger partial charge >= 0.3 is 0 Å². The summed E-state index contributed by atoms with van der Waals surface area (Å²) in [6.07, 6.45) is 13.7. The summed E-state index contributed by atoms with van der Waals surface area (Å²) in [5, 5.41) is 9.46. The minimum absolute atomic E-state index is 0.444. The van der Waals surface area contributed by atoms with Crippen LogP contribution in [0.2, 0.25) is 0 Å². The molecule has 2 fully saturated rings. The van der Waals surface area contributed by atoms with Gasteiger partial charge in [0.2, 0.25) is 0 Å². The Morgan fingerprint density at radius 2 is 1.68 bits per heavy atom. The third kappa shape index (κ3) is 3.96. The van der Waals surface area contributed by atoms with Crippen LogP contribution in [0.4, 0.5) is 0 Å². The largest absolute Gasteiger partial charge is 0.360 e. The van der Waals surface area contributed by atoms with Gasteiger partial charge in [-0.2, -0.15) is 5.26 Å². The second-order valence-corrected chi connectivity index (χ2v) is 6.54. The second kappa shape index (κ2) is 7.29. The van der Waals surface area contributed by atoms with Gasteiger partial charge in [0.25, 0.3) is 0 Å². The van der Waals surface area contributed by atoms with E-state index in [-0.39, 0.29) is 0 Å². The zero-order valence-corrected chi connectivity index (χ0v) is 12.5. The van der Waals surface area contributed by atoms with Gasteiger partial charge in [-0.1, -0.05) is 45.4 Å². The smallest absolute Gasteiger partial charge is 0.154 e. The molecule has 0 aromatic carbocycles. The van der Waals surface area contributed by atoms with Crippen LogP contribution >= 0.6 is 0 Å². The summed E-state index contributed by atoms with van der Waals surface area (Å²) in [4.78, 5) is 0. The molecule has 108 valence electrons. The molecule has 2 aliphatic carbocycles. The van der Waals surface area contributed by atoms with Gasteiger partial charge in [0.1, 0.15) is 0 Å². The SMILES string of the molecule is CCCCOC1(C#N)CCC(C2CCCCC2)CC1. The maximum Gasteiger partial charge on any atom is 0.154 e. The van der Waals surface area contributed by atoms with Gasteiger partial charge in [0.15, 0.2) is 5.60 Å². The first-order chi connectivity index (χ1) is 9.29. The van der Waals surface area contributed by atoms with Crippen LogP contribution in [-0.2, 0) is 4.74 Å². The molecule has 0 bridgehead atoms. The van der Waals surface area contributed by atoms with E-state index in [0.717, 1.165) is 44.1 Å². The molecular weight excluding hydrogens is 234 g/mol. The van der Waals surface area contributed by atoms with Crippen molar-refractivity contribution < 1.29 is 4.74 Å². The van der Waals surface area contributed by atoms with Crippen molar-refractivity contribution in [3.05, 3.63) is 0 Å². The summed E-state index contributed by atoms with van der Waals surface area (Å²) in [7, 11) is 0. The highest BCUT2D eigenvalue weighted by Gasteiger charge is 2.38. The van der Waals surface area contributed by atoms with E-state index in [1.165, 1.54) is 44.9 Å². The Kier molecular flexibility index (Phi) is 5.70. The number of hydrogen-bond donors (Lipinski definition) is 0. The lowest BCUT2D eigenvalue weighted by Gasteiger charge is -2.39. The number of nitrogens with zero attached hydrogens (tertiary/aromatic N) is 1. The Bertz CT molecular complexity index is 293. The molecule has 2 heteroatoms. The van der Waals surface area contributed by atoms with Gasteiger partial charge in [0.05, 0.1) is 6.07 Å². The van der Waals surface area contributed by atoms with E-state index in [1.54, 1.807) is 0 Å². The Labute approximate surface area is 118 Å². The van der Waals surface area contributed by atoms with Gasteiger partial charge < -0.3 is 4.74 Å². The van der Waals surface area contributed by atoms with Crippen molar-refractivity contribution in [2.75, 3.05) is 6.61 Å². The van der Waals surface area contributed by atoms with Crippen molar-refractivity contribution in [3.8, 4) is 6.07 Å². The Balaban J connectivity index is 1.80. The van der Waals surface area contributed by atoms with Gasteiger partial charge in [-0.05, 0) is 43.9 Å². The van der Waals surface area contributed by atoms with E-state index in [4.69, 9.17) is 4.74 Å². The topological polar surface area (TPSA) is 33.0 Å². The minimum Gasteiger partial charge on any atom is -0.360 e. The molecule has 0 amide bonds. The summed E-state index contributed by atoms with van der Waals surface area (Å²) in [6, 6.07) is 2.48. The number of hydrogen-bond acceptors (Lipinski definition) is 2. The van der Waals surface area contributed by atoms with Gasteiger partial charge in [0, 0.05) is 6.61 Å². The highest BCUT2D eigenvalue weighted by molar-refractivity contribution is 5.05. The molecule has 0 aromatic heterocycles. The summed E-state index contributed by atoms with van der Waals surface area (Å²) in [5.41, 5.74) is -0.444. The third-order valence-corrected chi connectivity index (χ3v) is 5.23. The van der Waals surface area contributed by atoms with Crippen LogP contribution in [0.15, 0.2) is 0 Å². The molecule has 0 atom stereocenters. The molecule has 2 nitrogen and oxygen atoms in total. The second-order valence-electron chi connectivity index (χ2n) is 6.54. The average molecular weight is 263 g/mol. The quantitative estimate of drug-likeness (QED) is 0.665. The molecule has 0 saturated heterocycles. The summed E-state index contributed by atoms with van der Waals surface area (Å²) in [6.45, 7) is 2.93. The predicted molar refractivity (Wildman–Crippen MR) is 77.7 cm³/mol. The van der Waals surface area contributed by atoms with Crippen molar-refractivity contribution in [2.45, 2.75) is 83.2 Å². The van der Waals surface area contributed by atoms with E-state index < -0.39 is 5.60 Å². The van der Waals surface area contributed by atoms with Crippen LogP contribution in [0.5, 0.6) is 0 Å². The number of rotatable bonds is 5. The molecule has 0 N–H and O–H groups in total. The molecule has 2 aliphatic rings. The standard InChI is InChI=1S/C17H29NO/c1-2-3-13-19-17(14-18)11-9-16(10-12-17)15-7-5-4-6-8-15/h15-16H,2-13H2,1H3. The third-order valence-electron chi connectivity index (χ3n) is 5.23. The number of nitriles is 1. The van der Waals surface area contributed by atoms with E-state index in [0.29, 0.717) is 0 Å². The number of unbranched alkanes of at least 4 members (excludes halogenated alkanes) is 1. The lowest BCUT2D eigenvalue weighted by Crippen LogP contribution is -2.38. The fourth-order valence-corrected chi connectivity index (χ4v) is 3.88. The molecule has 0 spiro atoms. The molecule has 0 aromatic rings. The van der Waals surface area contributed by atoms with Crippen molar-refractivity contribution in [2.24, 2.45) is 11.8 Å². The fourth-order valence-electron chi connectivity index (χ4n) is 3.88. The monoisotopic (exact) mass is 263 g/mol. The first-order valence-corrected chi connectivity index (χ1v) is 8.35. The lowest BCUT2D eigenvalue weighted by molar-refractivity contribution is -0.0444. The van der Waals surface area contributed by atoms with E-state index in [9.17, 15) is 5.26 Å². The van der Waals surface area contributed by atoms with Crippen molar-refractivity contribution in [1.29, 1.82) is 5.26 Å². The van der Waals surface area contributed by atoms with E-state index in [1.807, 2.05) is 0 Å². The van der Waals surface area contributed by atoms with Gasteiger partial charge in [-0.3, -0.25) is 0 Å². The zero-order valence-electron chi connectivity index (χ0n) is 12.5. The van der Waals surface area contributed by atoms with Crippen molar-refractivity contribution >= 4 is 0 Å². The molecule has 19 heavy (non-hydrogen) atoms. The van der Waals surface area contributed by atoms with Crippen molar-refractivity contribution in [3.63, 3.8) is 0 Å². The maximum atomic E-state index is 9.46. The van der Waals surface area contributed by atoms with Crippen LogP contribution in [0.25, 0.3) is 0 Å². The highest BCUT2D eigenvalue weighted by atomic mass is 16.5. The first kappa shape index (κ1) is 14.9.